The highest BCUT2D eigenvalue weighted by Gasteiger charge is 2.36. The van der Waals surface area contributed by atoms with Gasteiger partial charge in [-0.1, -0.05) is 11.8 Å². The molecule has 31 heavy (non-hydrogen) atoms. The number of pyridine rings is 1. The minimum absolute atomic E-state index is 0.0113. The quantitative estimate of drug-likeness (QED) is 0.411. The Bertz CT molecular complexity index is 1300. The van der Waals surface area contributed by atoms with E-state index in [9.17, 15) is 17.5 Å². The van der Waals surface area contributed by atoms with Crippen molar-refractivity contribution in [2.75, 3.05) is 17.6 Å². The monoisotopic (exact) mass is 443 g/mol. The fraction of sp³-hybridized carbons (Fsp3) is 0.0526. The standard InChI is InChI=1S/C19H12F2N6O3S/c1-30-18-16(6-12(7-22)10-24-18)31(28,29)27-15-5-4-14(20)13(17(15)21)3-2-11-8-25-19(23)26-9-11/h4-6,8-10H,1H3,(H3-,23,25,26,27,28,29)/p+1. The van der Waals surface area contributed by atoms with Crippen molar-refractivity contribution in [3.05, 3.63) is 65.1 Å². The van der Waals surface area contributed by atoms with Crippen molar-refractivity contribution in [1.82, 2.24) is 15.0 Å². The molecule has 156 valence electrons. The van der Waals surface area contributed by atoms with Gasteiger partial charge in [-0.15, -0.1) is 0 Å². The van der Waals surface area contributed by atoms with E-state index in [-0.39, 0.29) is 27.9 Å². The van der Waals surface area contributed by atoms with Gasteiger partial charge in [-0.3, -0.25) is 0 Å². The largest absolute Gasteiger partial charge is 0.477 e. The van der Waals surface area contributed by atoms with Crippen LogP contribution in [0.4, 0.5) is 20.4 Å². The Kier molecular flexibility index (Phi) is 6.06. The number of hydrogen-bond donors (Lipinski definition) is 3. The summed E-state index contributed by atoms with van der Waals surface area (Å²) in [6.45, 7) is 0. The predicted molar refractivity (Wildman–Crippen MR) is 107 cm³/mol. The molecule has 0 bridgehead atoms. The van der Waals surface area contributed by atoms with Crippen LogP contribution in [0.25, 0.3) is 0 Å². The molecule has 4 N–H and O–H groups in total. The maximum absolute atomic E-state index is 14.9. The van der Waals surface area contributed by atoms with Crippen LogP contribution in [0, 0.1) is 34.8 Å². The summed E-state index contributed by atoms with van der Waals surface area (Å²) in [6, 6.07) is 4.67. The van der Waals surface area contributed by atoms with Crippen molar-refractivity contribution in [2.45, 2.75) is 4.90 Å². The van der Waals surface area contributed by atoms with Crippen LogP contribution in [0.3, 0.4) is 0 Å². The van der Waals surface area contributed by atoms with E-state index in [1.807, 2.05) is 0 Å². The van der Waals surface area contributed by atoms with Crippen molar-refractivity contribution in [3.63, 3.8) is 0 Å². The zero-order valence-electron chi connectivity index (χ0n) is 15.8. The van der Waals surface area contributed by atoms with Crippen LogP contribution in [0.2, 0.25) is 0 Å². The molecule has 0 spiro atoms. The van der Waals surface area contributed by atoms with E-state index >= 15 is 0 Å². The second-order valence-corrected chi connectivity index (χ2v) is 7.53. The molecular formula is C19H13F2N6O3S+. The molecule has 3 aromatic rings. The van der Waals surface area contributed by atoms with Crippen LogP contribution >= 0.6 is 0 Å². The van der Waals surface area contributed by atoms with E-state index < -0.39 is 33.3 Å². The number of anilines is 2. The second-order valence-electron chi connectivity index (χ2n) is 5.83. The zero-order chi connectivity index (χ0) is 22.6. The molecule has 1 aromatic carbocycles. The lowest BCUT2D eigenvalue weighted by Crippen LogP contribution is -2.23. The fourth-order valence-electron chi connectivity index (χ4n) is 2.33. The lowest BCUT2D eigenvalue weighted by Gasteiger charge is -2.11. The summed E-state index contributed by atoms with van der Waals surface area (Å²) < 4.78 is 59.4. The van der Waals surface area contributed by atoms with Gasteiger partial charge in [0, 0.05) is 24.7 Å². The predicted octanol–water partition coefficient (Wildman–Crippen LogP) is 2.37. The fourth-order valence-corrected chi connectivity index (χ4v) is 3.56. The van der Waals surface area contributed by atoms with Crippen LogP contribution in [0.15, 0.2) is 41.7 Å². The van der Waals surface area contributed by atoms with Gasteiger partial charge in [0.05, 0.1) is 23.8 Å². The van der Waals surface area contributed by atoms with Crippen LogP contribution in [-0.4, -0.2) is 26.6 Å². The number of hydrogen-bond acceptors (Lipinski definition) is 7. The molecule has 0 aliphatic carbocycles. The lowest BCUT2D eigenvalue weighted by molar-refractivity contribution is 0.382. The van der Waals surface area contributed by atoms with Gasteiger partial charge in [-0.25, -0.2) is 23.7 Å². The molecule has 0 fully saturated rings. The van der Waals surface area contributed by atoms with Crippen LogP contribution < -0.4 is 15.2 Å². The van der Waals surface area contributed by atoms with E-state index in [0.717, 1.165) is 24.4 Å². The van der Waals surface area contributed by atoms with E-state index in [1.54, 1.807) is 6.07 Å². The molecule has 1 atom stereocenters. The maximum atomic E-state index is 14.9. The molecule has 0 saturated heterocycles. The molecule has 0 amide bonds. The number of nitrogen functional groups attached to an aromatic ring is 1. The second kappa shape index (κ2) is 8.71. The number of nitrogens with zero attached hydrogens (tertiary/aromatic N) is 4. The minimum Gasteiger partial charge on any atom is -0.477 e. The van der Waals surface area contributed by atoms with Crippen molar-refractivity contribution in [1.29, 1.82) is 5.26 Å². The third kappa shape index (κ3) is 4.72. The Morgan fingerprint density at radius 3 is 2.48 bits per heavy atom. The van der Waals surface area contributed by atoms with Gasteiger partial charge in [-0.2, -0.15) is 14.5 Å². The zero-order valence-corrected chi connectivity index (χ0v) is 16.6. The highest BCUT2D eigenvalue weighted by Crippen LogP contribution is 2.30. The highest BCUT2D eigenvalue weighted by atomic mass is 32.3. The number of nitrogens with two attached hydrogens (primary N) is 1. The Hall–Kier alpha value is -4.13. The third-order valence-corrected chi connectivity index (χ3v) is 5.17. The van der Waals surface area contributed by atoms with Crippen molar-refractivity contribution in [2.24, 2.45) is 0 Å². The molecule has 1 unspecified atom stereocenters. The third-order valence-electron chi connectivity index (χ3n) is 3.78. The summed E-state index contributed by atoms with van der Waals surface area (Å²) in [7, 11) is -2.99. The average Bonchev–Trinajstić information content (AvgIpc) is 2.76. The number of rotatable bonds is 4. The molecule has 0 aliphatic rings. The molecule has 0 aliphatic heterocycles. The molecular weight excluding hydrogens is 430 g/mol. The minimum atomic E-state index is -4.20. The smallest absolute Gasteiger partial charge is 0.351 e. The Balaban J connectivity index is 2.00. The SMILES string of the molecule is COc1ncc(C#N)cc1[S+](=O)(O)Nc1ccc(F)c(C#Cc2cnc(N)nc2)c1F. The van der Waals surface area contributed by atoms with E-state index in [4.69, 9.17) is 15.7 Å². The highest BCUT2D eigenvalue weighted by molar-refractivity contribution is 7.99. The molecule has 3 rings (SSSR count). The Labute approximate surface area is 176 Å². The van der Waals surface area contributed by atoms with Gasteiger partial charge in [0.1, 0.15) is 17.6 Å². The van der Waals surface area contributed by atoms with E-state index in [1.165, 1.54) is 19.5 Å². The van der Waals surface area contributed by atoms with Crippen LogP contribution in [0.5, 0.6) is 5.88 Å². The molecule has 0 saturated carbocycles. The summed E-state index contributed by atoms with van der Waals surface area (Å²) in [5.41, 5.74) is 4.45. The van der Waals surface area contributed by atoms with Gasteiger partial charge in [0.2, 0.25) is 5.95 Å². The van der Waals surface area contributed by atoms with Crippen molar-refractivity contribution < 1.29 is 22.3 Å². The van der Waals surface area contributed by atoms with Gasteiger partial charge < -0.3 is 10.5 Å². The van der Waals surface area contributed by atoms with Crippen LogP contribution in [-0.2, 0) is 14.6 Å². The normalized spacial score (nSPS) is 12.1. The summed E-state index contributed by atoms with van der Waals surface area (Å²) in [5.74, 6) is 2.38. The first-order chi connectivity index (χ1) is 14.7. The summed E-state index contributed by atoms with van der Waals surface area (Å²) >= 11 is 0. The number of ether oxygens (including phenoxy) is 1. The molecule has 2 aromatic heterocycles. The number of benzene rings is 1. The molecule has 12 heteroatoms. The maximum Gasteiger partial charge on any atom is 0.351 e. The number of methoxy groups -OCH3 is 1. The average molecular weight is 443 g/mol. The van der Waals surface area contributed by atoms with Gasteiger partial charge >= 0.3 is 10.4 Å². The number of nitriles is 1. The van der Waals surface area contributed by atoms with Gasteiger partial charge in [-0.05, 0) is 16.3 Å². The molecule has 9 nitrogen and oxygen atoms in total. The van der Waals surface area contributed by atoms with E-state index in [0.29, 0.717) is 0 Å². The molecule has 2 heterocycles. The summed E-state index contributed by atoms with van der Waals surface area (Å²) in [4.78, 5) is 10.8. The Morgan fingerprint density at radius 1 is 1.16 bits per heavy atom. The lowest BCUT2D eigenvalue weighted by atomic mass is 10.1. The molecule has 0 radical (unpaired) electrons. The Morgan fingerprint density at radius 2 is 1.84 bits per heavy atom. The topological polar surface area (TPSA) is 147 Å². The number of halogens is 2. The van der Waals surface area contributed by atoms with Crippen LogP contribution in [0.1, 0.15) is 16.7 Å². The van der Waals surface area contributed by atoms with Crippen molar-refractivity contribution in [3.8, 4) is 23.8 Å². The first-order valence-corrected chi connectivity index (χ1v) is 9.82. The number of aromatic nitrogens is 3. The van der Waals surface area contributed by atoms with Crippen molar-refractivity contribution >= 4 is 22.0 Å². The van der Waals surface area contributed by atoms with Gasteiger partial charge in [0.15, 0.2) is 5.82 Å². The van der Waals surface area contributed by atoms with E-state index in [2.05, 4.69) is 31.5 Å². The first kappa shape index (κ1) is 21.6. The first-order valence-electron chi connectivity index (χ1n) is 8.31. The summed E-state index contributed by atoms with van der Waals surface area (Å²) in [6.07, 6.45) is 3.69. The summed E-state index contributed by atoms with van der Waals surface area (Å²) in [5, 5.41) is 9.00. The van der Waals surface area contributed by atoms with Gasteiger partial charge in [0.25, 0.3) is 10.8 Å². The number of nitrogens with one attached hydrogen (secondary N) is 1.